The average Bonchev–Trinajstić information content (AvgIpc) is 2.82. The van der Waals surface area contributed by atoms with Crippen LogP contribution in [0.25, 0.3) is 0 Å². The van der Waals surface area contributed by atoms with Gasteiger partial charge in [0.15, 0.2) is 0 Å². The van der Waals surface area contributed by atoms with Crippen molar-refractivity contribution < 1.29 is 0 Å². The molecule has 2 rings (SSSR count). The zero-order valence-corrected chi connectivity index (χ0v) is 10.2. The Bertz CT molecular complexity index is 272. The lowest BCUT2D eigenvalue weighted by Crippen LogP contribution is -2.15. The fraction of sp³-hybridized carbons (Fsp3) is 0.600. The smallest absolute Gasteiger partial charge is 0.0730 e. The fourth-order valence-electron chi connectivity index (χ4n) is 1.33. The first-order valence-electron chi connectivity index (χ1n) is 4.71. The zero-order chi connectivity index (χ0) is 9.26. The highest BCUT2D eigenvalue weighted by Crippen LogP contribution is 2.29. The van der Waals surface area contributed by atoms with Crippen molar-refractivity contribution in [2.24, 2.45) is 5.92 Å². The van der Waals surface area contributed by atoms with Crippen LogP contribution in [0.1, 0.15) is 23.3 Å². The summed E-state index contributed by atoms with van der Waals surface area (Å²) in [6.07, 6.45) is 2.86. The molecule has 1 aromatic heterocycles. The van der Waals surface area contributed by atoms with E-state index in [0.717, 1.165) is 12.5 Å². The van der Waals surface area contributed by atoms with Gasteiger partial charge in [-0.3, -0.25) is 0 Å². The fourth-order valence-corrected chi connectivity index (χ4v) is 2.93. The summed E-state index contributed by atoms with van der Waals surface area (Å²) in [4.78, 5) is 1.44. The van der Waals surface area contributed by atoms with Crippen LogP contribution in [0.15, 0.2) is 9.85 Å². The molecule has 0 atom stereocenters. The van der Waals surface area contributed by atoms with E-state index < -0.39 is 0 Å². The molecule has 1 saturated carbocycles. The predicted molar refractivity (Wildman–Crippen MR) is 61.2 cm³/mol. The Kier molecular flexibility index (Phi) is 3.06. The Balaban J connectivity index is 1.79. The van der Waals surface area contributed by atoms with Crippen molar-refractivity contribution in [3.8, 4) is 0 Å². The molecule has 1 nitrogen and oxygen atoms in total. The number of rotatable bonds is 4. The summed E-state index contributed by atoms with van der Waals surface area (Å²) < 4.78 is 1.27. The van der Waals surface area contributed by atoms with E-state index >= 15 is 0 Å². The number of hydrogen-bond acceptors (Lipinski definition) is 2. The van der Waals surface area contributed by atoms with Gasteiger partial charge in [-0.25, -0.2) is 0 Å². The highest BCUT2D eigenvalue weighted by molar-refractivity contribution is 9.11. The average molecular weight is 260 g/mol. The molecule has 0 saturated heterocycles. The first-order chi connectivity index (χ1) is 6.25. The highest BCUT2D eigenvalue weighted by Gasteiger charge is 2.20. The number of aryl methyl sites for hydroxylation is 1. The highest BCUT2D eigenvalue weighted by atomic mass is 79.9. The third-order valence-corrected chi connectivity index (χ3v) is 4.47. The van der Waals surface area contributed by atoms with Crippen molar-refractivity contribution in [1.82, 2.24) is 5.32 Å². The normalized spacial score (nSPS) is 16.5. The van der Waals surface area contributed by atoms with E-state index in [1.54, 1.807) is 0 Å². The predicted octanol–water partition coefficient (Wildman–Crippen LogP) is 3.32. The maximum absolute atomic E-state index is 3.54. The van der Waals surface area contributed by atoms with Gasteiger partial charge in [0, 0.05) is 11.4 Å². The lowest BCUT2D eigenvalue weighted by molar-refractivity contribution is 0.643. The molecule has 1 heterocycles. The van der Waals surface area contributed by atoms with Gasteiger partial charge in [0.1, 0.15) is 0 Å². The van der Waals surface area contributed by atoms with Crippen LogP contribution in [0.2, 0.25) is 0 Å². The Morgan fingerprint density at radius 2 is 2.38 bits per heavy atom. The van der Waals surface area contributed by atoms with Crippen LogP contribution in [0.3, 0.4) is 0 Å². The van der Waals surface area contributed by atoms with E-state index in [1.807, 2.05) is 11.3 Å². The molecule has 0 radical (unpaired) electrons. The molecule has 0 amide bonds. The van der Waals surface area contributed by atoms with Gasteiger partial charge in [0.05, 0.1) is 3.79 Å². The van der Waals surface area contributed by atoms with Gasteiger partial charge in [-0.05, 0) is 59.8 Å². The zero-order valence-electron chi connectivity index (χ0n) is 7.77. The van der Waals surface area contributed by atoms with Crippen LogP contribution < -0.4 is 5.32 Å². The number of hydrogen-bond donors (Lipinski definition) is 1. The molecule has 1 aromatic rings. The molecule has 1 N–H and O–H groups in total. The maximum atomic E-state index is 3.54. The van der Waals surface area contributed by atoms with Crippen LogP contribution in [0, 0.1) is 12.8 Å². The summed E-state index contributed by atoms with van der Waals surface area (Å²) in [5.74, 6) is 0.976. The molecule has 1 fully saturated rings. The van der Waals surface area contributed by atoms with Crippen LogP contribution in [-0.4, -0.2) is 6.54 Å². The van der Waals surface area contributed by atoms with Crippen LogP contribution in [0.5, 0.6) is 0 Å². The Hall–Kier alpha value is 0.140. The topological polar surface area (TPSA) is 12.0 Å². The largest absolute Gasteiger partial charge is 0.312 e. The minimum absolute atomic E-state index is 0.976. The molecule has 0 aliphatic heterocycles. The van der Waals surface area contributed by atoms with E-state index in [0.29, 0.717) is 0 Å². The molecule has 1 aliphatic carbocycles. The number of thiophene rings is 1. The molecule has 72 valence electrons. The molecule has 0 spiro atoms. The monoisotopic (exact) mass is 259 g/mol. The minimum Gasteiger partial charge on any atom is -0.312 e. The van der Waals surface area contributed by atoms with E-state index in [1.165, 1.54) is 33.6 Å². The van der Waals surface area contributed by atoms with Gasteiger partial charge < -0.3 is 5.32 Å². The number of halogens is 1. The van der Waals surface area contributed by atoms with Gasteiger partial charge in [0.25, 0.3) is 0 Å². The molecule has 0 aromatic carbocycles. The lowest BCUT2D eigenvalue weighted by Gasteiger charge is -1.99. The maximum Gasteiger partial charge on any atom is 0.0730 e. The van der Waals surface area contributed by atoms with E-state index in [4.69, 9.17) is 0 Å². The molecule has 0 unspecified atom stereocenters. The van der Waals surface area contributed by atoms with Gasteiger partial charge in [-0.1, -0.05) is 0 Å². The van der Waals surface area contributed by atoms with E-state index in [2.05, 4.69) is 34.2 Å². The van der Waals surface area contributed by atoms with Crippen molar-refractivity contribution in [2.45, 2.75) is 26.3 Å². The van der Waals surface area contributed by atoms with Gasteiger partial charge >= 0.3 is 0 Å². The van der Waals surface area contributed by atoms with Crippen molar-refractivity contribution >= 4 is 27.3 Å². The quantitative estimate of drug-likeness (QED) is 0.875. The Morgan fingerprint density at radius 3 is 2.92 bits per heavy atom. The van der Waals surface area contributed by atoms with Gasteiger partial charge in [0.2, 0.25) is 0 Å². The molecule has 13 heavy (non-hydrogen) atoms. The third-order valence-electron chi connectivity index (χ3n) is 2.34. The van der Waals surface area contributed by atoms with Crippen molar-refractivity contribution in [2.75, 3.05) is 6.54 Å². The minimum atomic E-state index is 0.976. The Labute approximate surface area is 91.7 Å². The second-order valence-corrected chi connectivity index (χ2v) is 6.20. The van der Waals surface area contributed by atoms with Crippen molar-refractivity contribution in [3.63, 3.8) is 0 Å². The van der Waals surface area contributed by atoms with Crippen molar-refractivity contribution in [1.29, 1.82) is 0 Å². The first-order valence-corrected chi connectivity index (χ1v) is 6.32. The second-order valence-electron chi connectivity index (χ2n) is 3.74. The summed E-state index contributed by atoms with van der Waals surface area (Å²) >= 11 is 5.38. The summed E-state index contributed by atoms with van der Waals surface area (Å²) in [5.41, 5.74) is 1.35. The van der Waals surface area contributed by atoms with Gasteiger partial charge in [-0.15, -0.1) is 11.3 Å². The number of nitrogens with one attached hydrogen (secondary N) is 1. The molecule has 3 heteroatoms. The summed E-state index contributed by atoms with van der Waals surface area (Å²) in [6, 6.07) is 2.26. The molecule has 1 aliphatic rings. The van der Waals surface area contributed by atoms with E-state index in [9.17, 15) is 0 Å². The molecular weight excluding hydrogens is 246 g/mol. The summed E-state index contributed by atoms with van der Waals surface area (Å²) in [6.45, 7) is 4.38. The summed E-state index contributed by atoms with van der Waals surface area (Å²) in [5, 5.41) is 3.49. The second kappa shape index (κ2) is 4.11. The first kappa shape index (κ1) is 9.69. The van der Waals surface area contributed by atoms with Crippen LogP contribution >= 0.6 is 27.3 Å². The summed E-state index contributed by atoms with van der Waals surface area (Å²) in [7, 11) is 0. The van der Waals surface area contributed by atoms with Gasteiger partial charge in [-0.2, -0.15) is 0 Å². The van der Waals surface area contributed by atoms with Crippen LogP contribution in [0.4, 0.5) is 0 Å². The third kappa shape index (κ3) is 2.79. The standard InChI is InChI=1S/C10H14BrNS/c1-7-4-9(13-10(7)11)6-12-5-8-2-3-8/h4,8,12H,2-3,5-6H2,1H3. The SMILES string of the molecule is Cc1cc(CNCC2CC2)sc1Br. The molecular formula is C10H14BrNS. The van der Waals surface area contributed by atoms with Crippen LogP contribution in [-0.2, 0) is 6.54 Å². The van der Waals surface area contributed by atoms with E-state index in [-0.39, 0.29) is 0 Å². The lowest BCUT2D eigenvalue weighted by atomic mass is 10.3. The Morgan fingerprint density at radius 1 is 1.62 bits per heavy atom. The van der Waals surface area contributed by atoms with Crippen molar-refractivity contribution in [3.05, 3.63) is 20.3 Å². The molecule has 0 bridgehead atoms.